The molecule has 0 amide bonds. The predicted octanol–water partition coefficient (Wildman–Crippen LogP) is 3.79. The zero-order valence-corrected chi connectivity index (χ0v) is 12.8. The molecule has 16 heavy (non-hydrogen) atoms. The number of pyridine rings is 1. The number of aromatic nitrogens is 3. The van der Waals surface area contributed by atoms with E-state index in [1.165, 1.54) is 0 Å². The summed E-state index contributed by atoms with van der Waals surface area (Å²) in [4.78, 5) is 4.40. The molecule has 0 N–H and O–H groups in total. The van der Waals surface area contributed by atoms with Crippen LogP contribution in [0.3, 0.4) is 0 Å². The first kappa shape index (κ1) is 12.0. The van der Waals surface area contributed by atoms with Gasteiger partial charge in [0.05, 0.1) is 15.6 Å². The van der Waals surface area contributed by atoms with Crippen LogP contribution in [0.25, 0.3) is 11.0 Å². The van der Waals surface area contributed by atoms with Crippen LogP contribution in [0.15, 0.2) is 15.1 Å². The Labute approximate surface area is 111 Å². The summed E-state index contributed by atoms with van der Waals surface area (Å²) in [6.07, 6.45) is 1.79. The van der Waals surface area contributed by atoms with Crippen molar-refractivity contribution >= 4 is 42.9 Å². The van der Waals surface area contributed by atoms with E-state index in [4.69, 9.17) is 0 Å². The maximum atomic E-state index is 4.57. The molecule has 0 bridgehead atoms. The van der Waals surface area contributed by atoms with Crippen molar-refractivity contribution in [1.29, 1.82) is 0 Å². The molecule has 0 aliphatic carbocycles. The zero-order valence-electron chi connectivity index (χ0n) is 9.67. The lowest BCUT2D eigenvalue weighted by Crippen LogP contribution is -2.13. The molecule has 2 heterocycles. The molecule has 2 rings (SSSR count). The number of nitrogens with zero attached hydrogens (tertiary/aromatic N) is 3. The van der Waals surface area contributed by atoms with Crippen molar-refractivity contribution in [1.82, 2.24) is 14.8 Å². The van der Waals surface area contributed by atoms with Crippen LogP contribution in [-0.2, 0) is 12.5 Å². The van der Waals surface area contributed by atoms with Gasteiger partial charge in [0.2, 0.25) is 0 Å². The minimum Gasteiger partial charge on any atom is -0.250 e. The highest BCUT2D eigenvalue weighted by molar-refractivity contribution is 9.13. The lowest BCUT2D eigenvalue weighted by molar-refractivity contribution is 0.557. The van der Waals surface area contributed by atoms with E-state index >= 15 is 0 Å². The van der Waals surface area contributed by atoms with Gasteiger partial charge in [0.15, 0.2) is 5.65 Å². The van der Waals surface area contributed by atoms with Gasteiger partial charge in [0.1, 0.15) is 0 Å². The smallest absolute Gasteiger partial charge is 0.158 e. The molecule has 2 aromatic heterocycles. The number of hydrogen-bond donors (Lipinski definition) is 0. The third-order valence-electron chi connectivity index (χ3n) is 2.46. The normalized spacial score (nSPS) is 12.4. The van der Waals surface area contributed by atoms with Crippen LogP contribution in [0.2, 0.25) is 0 Å². The van der Waals surface area contributed by atoms with Crippen molar-refractivity contribution in [3.8, 4) is 0 Å². The lowest BCUT2D eigenvalue weighted by atomic mass is 9.90. The minimum atomic E-state index is 0.00447. The van der Waals surface area contributed by atoms with E-state index in [9.17, 15) is 0 Å². The van der Waals surface area contributed by atoms with Crippen molar-refractivity contribution in [2.45, 2.75) is 26.2 Å². The third kappa shape index (κ3) is 1.80. The molecule has 0 saturated heterocycles. The third-order valence-corrected chi connectivity index (χ3v) is 4.41. The number of hydrogen-bond acceptors (Lipinski definition) is 2. The SMILES string of the molecule is Cn1nc(C(C)(C)C)c2c(Br)c(Br)cnc21. The van der Waals surface area contributed by atoms with E-state index in [0.29, 0.717) is 0 Å². The molecule has 0 saturated carbocycles. The second-order valence-electron chi connectivity index (χ2n) is 4.84. The van der Waals surface area contributed by atoms with E-state index in [2.05, 4.69) is 62.7 Å². The summed E-state index contributed by atoms with van der Waals surface area (Å²) in [7, 11) is 1.92. The zero-order chi connectivity index (χ0) is 12.1. The van der Waals surface area contributed by atoms with Crippen molar-refractivity contribution < 1.29 is 0 Å². The van der Waals surface area contributed by atoms with Crippen molar-refractivity contribution in [2.75, 3.05) is 0 Å². The van der Waals surface area contributed by atoms with Gasteiger partial charge in [-0.2, -0.15) is 5.10 Å². The fraction of sp³-hybridized carbons (Fsp3) is 0.455. The molecule has 3 nitrogen and oxygen atoms in total. The molecule has 0 aromatic carbocycles. The molecule has 86 valence electrons. The van der Waals surface area contributed by atoms with Crippen LogP contribution in [-0.4, -0.2) is 14.8 Å². The molecule has 0 spiro atoms. The maximum absolute atomic E-state index is 4.57. The van der Waals surface area contributed by atoms with Crippen molar-refractivity contribution in [3.05, 3.63) is 20.8 Å². The second-order valence-corrected chi connectivity index (χ2v) is 6.49. The monoisotopic (exact) mass is 345 g/mol. The number of aryl methyl sites for hydroxylation is 1. The van der Waals surface area contributed by atoms with Gasteiger partial charge in [-0.3, -0.25) is 4.68 Å². The van der Waals surface area contributed by atoms with Gasteiger partial charge < -0.3 is 0 Å². The Morgan fingerprint density at radius 3 is 2.44 bits per heavy atom. The van der Waals surface area contributed by atoms with Gasteiger partial charge in [-0.05, 0) is 31.9 Å². The van der Waals surface area contributed by atoms with E-state index < -0.39 is 0 Å². The average Bonchev–Trinajstić information content (AvgIpc) is 2.50. The Bertz CT molecular complexity index is 552. The maximum Gasteiger partial charge on any atom is 0.158 e. The molecular formula is C11H13Br2N3. The van der Waals surface area contributed by atoms with Crippen molar-refractivity contribution in [2.24, 2.45) is 7.05 Å². The van der Waals surface area contributed by atoms with E-state index in [0.717, 1.165) is 25.7 Å². The van der Waals surface area contributed by atoms with Crippen LogP contribution in [0.4, 0.5) is 0 Å². The highest BCUT2D eigenvalue weighted by Gasteiger charge is 2.24. The van der Waals surface area contributed by atoms with Crippen LogP contribution in [0, 0.1) is 0 Å². The molecule has 0 aliphatic heterocycles. The molecule has 0 aliphatic rings. The quantitative estimate of drug-likeness (QED) is 0.726. The van der Waals surface area contributed by atoms with Gasteiger partial charge in [0, 0.05) is 23.1 Å². The number of fused-ring (bicyclic) bond motifs is 1. The fourth-order valence-electron chi connectivity index (χ4n) is 1.68. The molecule has 0 unspecified atom stereocenters. The molecule has 0 radical (unpaired) electrons. The Morgan fingerprint density at radius 2 is 1.88 bits per heavy atom. The topological polar surface area (TPSA) is 30.7 Å². The first-order valence-electron chi connectivity index (χ1n) is 4.99. The Hall–Kier alpha value is -0.420. The summed E-state index contributed by atoms with van der Waals surface area (Å²) in [5.41, 5.74) is 1.97. The number of rotatable bonds is 0. The Balaban J connectivity index is 2.92. The van der Waals surface area contributed by atoms with Crippen LogP contribution >= 0.6 is 31.9 Å². The summed E-state index contributed by atoms with van der Waals surface area (Å²) < 4.78 is 3.81. The summed E-state index contributed by atoms with van der Waals surface area (Å²) in [5, 5.41) is 5.65. The summed E-state index contributed by atoms with van der Waals surface area (Å²) in [6, 6.07) is 0. The van der Waals surface area contributed by atoms with Gasteiger partial charge in [-0.15, -0.1) is 0 Å². The standard InChI is InChI=1S/C11H13Br2N3/c1-11(2,3)9-7-8(13)6(12)5-14-10(7)16(4)15-9/h5H,1-4H3. The highest BCUT2D eigenvalue weighted by atomic mass is 79.9. The number of halogens is 2. The largest absolute Gasteiger partial charge is 0.250 e. The fourth-order valence-corrected chi connectivity index (χ4v) is 2.45. The first-order valence-corrected chi connectivity index (χ1v) is 6.58. The van der Waals surface area contributed by atoms with E-state index in [1.807, 2.05) is 11.7 Å². The molecule has 5 heteroatoms. The first-order chi connectivity index (χ1) is 7.32. The van der Waals surface area contributed by atoms with Gasteiger partial charge in [-0.25, -0.2) is 4.98 Å². The summed E-state index contributed by atoms with van der Waals surface area (Å²) in [5.74, 6) is 0. The average molecular weight is 347 g/mol. The Morgan fingerprint density at radius 1 is 1.25 bits per heavy atom. The predicted molar refractivity (Wildman–Crippen MR) is 72.6 cm³/mol. The van der Waals surface area contributed by atoms with Gasteiger partial charge in [0.25, 0.3) is 0 Å². The summed E-state index contributed by atoms with van der Waals surface area (Å²) >= 11 is 7.08. The van der Waals surface area contributed by atoms with E-state index in [-0.39, 0.29) is 5.41 Å². The van der Waals surface area contributed by atoms with E-state index in [1.54, 1.807) is 6.20 Å². The second kappa shape index (κ2) is 3.81. The van der Waals surface area contributed by atoms with Crippen LogP contribution < -0.4 is 0 Å². The lowest BCUT2D eigenvalue weighted by Gasteiger charge is -2.15. The van der Waals surface area contributed by atoms with Crippen LogP contribution in [0.5, 0.6) is 0 Å². The van der Waals surface area contributed by atoms with Crippen LogP contribution in [0.1, 0.15) is 26.5 Å². The molecule has 2 aromatic rings. The molecule has 0 fully saturated rings. The van der Waals surface area contributed by atoms with Gasteiger partial charge >= 0.3 is 0 Å². The van der Waals surface area contributed by atoms with Gasteiger partial charge in [-0.1, -0.05) is 20.8 Å². The Kier molecular flexibility index (Phi) is 2.87. The minimum absolute atomic E-state index is 0.00447. The summed E-state index contributed by atoms with van der Waals surface area (Å²) in [6.45, 7) is 6.46. The highest BCUT2D eigenvalue weighted by Crippen LogP contribution is 2.36. The molecular weight excluding hydrogens is 334 g/mol. The molecule has 0 atom stereocenters. The van der Waals surface area contributed by atoms with Crippen molar-refractivity contribution in [3.63, 3.8) is 0 Å².